The van der Waals surface area contributed by atoms with Gasteiger partial charge in [-0.25, -0.2) is 0 Å². The van der Waals surface area contributed by atoms with Gasteiger partial charge in [0, 0.05) is 54.8 Å². The molecule has 28 heavy (non-hydrogen) atoms. The third kappa shape index (κ3) is 3.41. The number of aromatic nitrogens is 2. The van der Waals surface area contributed by atoms with Crippen molar-refractivity contribution in [3.8, 4) is 0 Å². The summed E-state index contributed by atoms with van der Waals surface area (Å²) in [5, 5.41) is 1.29. The van der Waals surface area contributed by atoms with Crippen LogP contribution in [0.4, 0.5) is 13.2 Å². The van der Waals surface area contributed by atoms with Gasteiger partial charge in [0.05, 0.1) is 0 Å². The van der Waals surface area contributed by atoms with Crippen LogP contribution in [0.15, 0.2) is 36.5 Å². The van der Waals surface area contributed by atoms with Crippen LogP contribution in [0, 0.1) is 6.92 Å². The summed E-state index contributed by atoms with van der Waals surface area (Å²) >= 11 is 0. The van der Waals surface area contributed by atoms with Crippen LogP contribution in [-0.4, -0.2) is 28.0 Å². The standard InChI is InChI=1S/C22H24F3N3/c1-14-4-6-19-17(10-14)18-13-27(3)9-8-20(18)28(19)12-15(2)16-5-7-21(26-11-16)22(23,24)25/h4-7,10-11,15H,8-9,12-13H2,1-3H3. The molecular formula is C22H24F3N3. The van der Waals surface area contributed by atoms with E-state index in [2.05, 4.69) is 46.6 Å². The van der Waals surface area contributed by atoms with Gasteiger partial charge in [0.25, 0.3) is 0 Å². The lowest BCUT2D eigenvalue weighted by Crippen LogP contribution is -2.27. The zero-order chi connectivity index (χ0) is 20.1. The molecule has 6 heteroatoms. The molecule has 3 nitrogen and oxygen atoms in total. The Morgan fingerprint density at radius 2 is 1.96 bits per heavy atom. The van der Waals surface area contributed by atoms with E-state index in [-0.39, 0.29) is 5.92 Å². The molecule has 4 rings (SSSR count). The molecule has 0 saturated carbocycles. The minimum Gasteiger partial charge on any atom is -0.344 e. The molecule has 3 heterocycles. The quantitative estimate of drug-likeness (QED) is 0.619. The van der Waals surface area contributed by atoms with Crippen LogP contribution in [0.2, 0.25) is 0 Å². The van der Waals surface area contributed by atoms with Crippen molar-refractivity contribution in [1.29, 1.82) is 0 Å². The topological polar surface area (TPSA) is 21.1 Å². The van der Waals surface area contributed by atoms with Crippen molar-refractivity contribution < 1.29 is 13.2 Å². The van der Waals surface area contributed by atoms with Crippen molar-refractivity contribution in [2.75, 3.05) is 13.6 Å². The van der Waals surface area contributed by atoms with Crippen LogP contribution in [0.3, 0.4) is 0 Å². The normalized spacial score (nSPS) is 16.4. The molecule has 0 N–H and O–H groups in total. The number of halogens is 3. The van der Waals surface area contributed by atoms with Crippen LogP contribution in [0.5, 0.6) is 0 Å². The Labute approximate surface area is 162 Å². The number of aryl methyl sites for hydroxylation is 1. The lowest BCUT2D eigenvalue weighted by Gasteiger charge is -2.25. The van der Waals surface area contributed by atoms with Gasteiger partial charge in [-0.05, 0) is 43.3 Å². The largest absolute Gasteiger partial charge is 0.433 e. The molecule has 1 aromatic carbocycles. The van der Waals surface area contributed by atoms with E-state index in [4.69, 9.17) is 0 Å². The third-order valence-corrected chi connectivity index (χ3v) is 5.70. The Bertz CT molecular complexity index is 1000. The van der Waals surface area contributed by atoms with E-state index in [1.54, 1.807) is 6.07 Å². The van der Waals surface area contributed by atoms with E-state index in [1.165, 1.54) is 33.9 Å². The van der Waals surface area contributed by atoms with E-state index in [1.807, 2.05) is 6.92 Å². The fourth-order valence-corrected chi connectivity index (χ4v) is 4.15. The Hall–Kier alpha value is -2.34. The number of nitrogens with zero attached hydrogens (tertiary/aromatic N) is 3. The van der Waals surface area contributed by atoms with Gasteiger partial charge in [-0.15, -0.1) is 0 Å². The molecule has 1 atom stereocenters. The van der Waals surface area contributed by atoms with Crippen LogP contribution in [0.25, 0.3) is 10.9 Å². The lowest BCUT2D eigenvalue weighted by molar-refractivity contribution is -0.141. The maximum absolute atomic E-state index is 12.8. The lowest BCUT2D eigenvalue weighted by atomic mass is 10.0. The van der Waals surface area contributed by atoms with E-state index in [0.29, 0.717) is 0 Å². The highest BCUT2D eigenvalue weighted by atomic mass is 19.4. The molecular weight excluding hydrogens is 363 g/mol. The predicted molar refractivity (Wildman–Crippen MR) is 104 cm³/mol. The summed E-state index contributed by atoms with van der Waals surface area (Å²) in [5.74, 6) is 0.0652. The van der Waals surface area contributed by atoms with Crippen LogP contribution >= 0.6 is 0 Å². The average molecular weight is 387 g/mol. The van der Waals surface area contributed by atoms with Gasteiger partial charge in [0.2, 0.25) is 0 Å². The van der Waals surface area contributed by atoms with E-state index < -0.39 is 11.9 Å². The molecule has 0 amide bonds. The number of likely N-dealkylation sites (N-methyl/N-ethyl adjacent to an activating group) is 1. The van der Waals surface area contributed by atoms with Crippen molar-refractivity contribution in [3.63, 3.8) is 0 Å². The first-order valence-electron chi connectivity index (χ1n) is 9.56. The van der Waals surface area contributed by atoms with Gasteiger partial charge in [-0.1, -0.05) is 24.6 Å². The van der Waals surface area contributed by atoms with Crippen molar-refractivity contribution in [1.82, 2.24) is 14.5 Å². The molecule has 1 aliphatic heterocycles. The van der Waals surface area contributed by atoms with Crippen molar-refractivity contribution in [2.45, 2.75) is 45.5 Å². The summed E-state index contributed by atoms with van der Waals surface area (Å²) in [7, 11) is 2.14. The molecule has 0 saturated heterocycles. The zero-order valence-corrected chi connectivity index (χ0v) is 16.3. The molecule has 0 radical (unpaired) electrons. The molecule has 2 aromatic heterocycles. The van der Waals surface area contributed by atoms with Crippen LogP contribution < -0.4 is 0 Å². The van der Waals surface area contributed by atoms with Gasteiger partial charge < -0.3 is 9.47 Å². The van der Waals surface area contributed by atoms with Gasteiger partial charge >= 0.3 is 6.18 Å². The van der Waals surface area contributed by atoms with Crippen molar-refractivity contribution >= 4 is 10.9 Å². The number of hydrogen-bond acceptors (Lipinski definition) is 2. The number of fused-ring (bicyclic) bond motifs is 3. The van der Waals surface area contributed by atoms with E-state index in [9.17, 15) is 13.2 Å². The van der Waals surface area contributed by atoms with Crippen LogP contribution in [-0.2, 0) is 25.7 Å². The first-order chi connectivity index (χ1) is 13.2. The minimum atomic E-state index is -4.40. The summed E-state index contributed by atoms with van der Waals surface area (Å²) in [6.07, 6.45) is -2.05. The highest BCUT2D eigenvalue weighted by Crippen LogP contribution is 2.33. The van der Waals surface area contributed by atoms with Crippen molar-refractivity contribution in [3.05, 3.63) is 64.6 Å². The highest BCUT2D eigenvalue weighted by Gasteiger charge is 2.32. The molecule has 1 unspecified atom stereocenters. The van der Waals surface area contributed by atoms with Crippen molar-refractivity contribution in [2.24, 2.45) is 0 Å². The fraction of sp³-hybridized carbons (Fsp3) is 0.409. The SMILES string of the molecule is Cc1ccc2c(c1)c1c(n2CC(C)c2ccc(C(F)(F)F)nc2)CCN(C)C1. The van der Waals surface area contributed by atoms with Gasteiger partial charge in [0.1, 0.15) is 5.69 Å². The Balaban J connectivity index is 1.70. The molecule has 0 bridgehead atoms. The summed E-state index contributed by atoms with van der Waals surface area (Å²) in [6.45, 7) is 6.82. The first-order valence-corrected chi connectivity index (χ1v) is 9.56. The van der Waals surface area contributed by atoms with Gasteiger partial charge in [0.15, 0.2) is 0 Å². The predicted octanol–water partition coefficient (Wildman–Crippen LogP) is 5.16. The average Bonchev–Trinajstić information content (AvgIpc) is 2.93. The van der Waals surface area contributed by atoms with E-state index >= 15 is 0 Å². The van der Waals surface area contributed by atoms with Gasteiger partial charge in [-0.2, -0.15) is 13.2 Å². The second-order valence-electron chi connectivity index (χ2n) is 7.92. The number of hydrogen-bond donors (Lipinski definition) is 0. The smallest absolute Gasteiger partial charge is 0.344 e. The molecule has 148 valence electrons. The second-order valence-corrected chi connectivity index (χ2v) is 7.92. The minimum absolute atomic E-state index is 0.0652. The summed E-state index contributed by atoms with van der Waals surface area (Å²) < 4.78 is 40.7. The van der Waals surface area contributed by atoms with Gasteiger partial charge in [-0.3, -0.25) is 4.98 Å². The number of pyridine rings is 1. The Morgan fingerprint density at radius 3 is 2.64 bits per heavy atom. The molecule has 0 spiro atoms. The summed E-state index contributed by atoms with van der Waals surface area (Å²) in [4.78, 5) is 5.96. The molecule has 0 fully saturated rings. The highest BCUT2D eigenvalue weighted by molar-refractivity contribution is 5.86. The Morgan fingerprint density at radius 1 is 1.18 bits per heavy atom. The molecule has 3 aromatic rings. The first kappa shape index (κ1) is 19.0. The molecule has 0 aliphatic carbocycles. The third-order valence-electron chi connectivity index (χ3n) is 5.70. The second kappa shape index (κ2) is 6.92. The number of alkyl halides is 3. The molecule has 1 aliphatic rings. The number of rotatable bonds is 3. The van der Waals surface area contributed by atoms with E-state index in [0.717, 1.165) is 37.7 Å². The zero-order valence-electron chi connectivity index (χ0n) is 16.3. The number of benzene rings is 1. The summed E-state index contributed by atoms with van der Waals surface area (Å²) in [5.41, 5.74) is 5.16. The maximum Gasteiger partial charge on any atom is 0.433 e. The maximum atomic E-state index is 12.8. The monoisotopic (exact) mass is 387 g/mol. The Kier molecular flexibility index (Phi) is 4.70. The summed E-state index contributed by atoms with van der Waals surface area (Å²) in [6, 6.07) is 9.16. The van der Waals surface area contributed by atoms with Crippen LogP contribution in [0.1, 0.15) is 40.9 Å². The fourth-order valence-electron chi connectivity index (χ4n) is 4.15.